The molecule has 0 radical (unpaired) electrons. The van der Waals surface area contributed by atoms with E-state index in [0.717, 1.165) is 23.5 Å². The van der Waals surface area contributed by atoms with Gasteiger partial charge in [-0.3, -0.25) is 0 Å². The highest BCUT2D eigenvalue weighted by Crippen LogP contribution is 2.48. The maximum atomic E-state index is 2.48. The summed E-state index contributed by atoms with van der Waals surface area (Å²) in [5, 5.41) is 7.47. The average Bonchev–Trinajstić information content (AvgIpc) is 3.28. The summed E-state index contributed by atoms with van der Waals surface area (Å²) >= 11 is 0. The van der Waals surface area contributed by atoms with Gasteiger partial charge in [0.25, 0.3) is 0 Å². The Morgan fingerprint density at radius 1 is 0.333 bits per heavy atom. The van der Waals surface area contributed by atoms with Gasteiger partial charge in [0.15, 0.2) is 0 Å². The fourth-order valence-corrected chi connectivity index (χ4v) is 8.92. The number of hydrogen-bond donors (Lipinski definition) is 0. The summed E-state index contributed by atoms with van der Waals surface area (Å²) in [6.07, 6.45) is 0.847. The molecular formula is C55H38N2. The fraction of sp³-hybridized carbons (Fsp3) is 0.0182. The number of hydrogen-bond acceptors (Lipinski definition) is 2. The van der Waals surface area contributed by atoms with Crippen LogP contribution in [0.25, 0.3) is 54.6 Å². The van der Waals surface area contributed by atoms with E-state index in [0.29, 0.717) is 0 Å². The zero-order valence-electron chi connectivity index (χ0n) is 31.4. The van der Waals surface area contributed by atoms with Crippen LogP contribution >= 0.6 is 0 Å². The van der Waals surface area contributed by atoms with Gasteiger partial charge in [0, 0.05) is 39.9 Å². The lowest BCUT2D eigenvalue weighted by molar-refractivity contribution is 1.09. The van der Waals surface area contributed by atoms with Crippen LogP contribution in [0.2, 0.25) is 0 Å². The van der Waals surface area contributed by atoms with E-state index in [1.807, 2.05) is 0 Å². The van der Waals surface area contributed by atoms with Crippen molar-refractivity contribution in [2.24, 2.45) is 0 Å². The monoisotopic (exact) mass is 726 g/mol. The first-order chi connectivity index (χ1) is 28.3. The molecule has 0 amide bonds. The van der Waals surface area contributed by atoms with E-state index >= 15 is 0 Å². The van der Waals surface area contributed by atoms with E-state index in [1.165, 1.54) is 82.8 Å². The SMILES string of the molecule is c1ccc(N(c2ccc(-c3ccc4c(c3)Cc3cc(-c5cccc6ccccc56)ccc3N4c3cccc4ccccc34)cc2)c2cccc3ccccc23)cc1. The van der Waals surface area contributed by atoms with Crippen molar-refractivity contribution >= 4 is 66.4 Å². The number of fused-ring (bicyclic) bond motifs is 5. The Morgan fingerprint density at radius 3 is 1.58 bits per heavy atom. The van der Waals surface area contributed by atoms with Crippen LogP contribution in [0.5, 0.6) is 0 Å². The Bertz CT molecular complexity index is 3090. The van der Waals surface area contributed by atoms with E-state index in [-0.39, 0.29) is 0 Å². The topological polar surface area (TPSA) is 6.48 Å². The third kappa shape index (κ3) is 5.73. The van der Waals surface area contributed by atoms with Crippen molar-refractivity contribution in [3.05, 3.63) is 230 Å². The lowest BCUT2D eigenvalue weighted by Crippen LogP contribution is -2.19. The summed E-state index contributed by atoms with van der Waals surface area (Å²) in [5.41, 5.74) is 14.6. The molecule has 0 spiro atoms. The van der Waals surface area contributed by atoms with Crippen molar-refractivity contribution in [3.63, 3.8) is 0 Å². The molecule has 0 bridgehead atoms. The third-order valence-electron chi connectivity index (χ3n) is 11.6. The predicted octanol–water partition coefficient (Wildman–Crippen LogP) is 15.3. The van der Waals surface area contributed by atoms with Crippen LogP contribution in [-0.2, 0) is 6.42 Å². The first kappa shape index (κ1) is 33.0. The van der Waals surface area contributed by atoms with Crippen LogP contribution in [0.1, 0.15) is 11.1 Å². The van der Waals surface area contributed by atoms with E-state index in [4.69, 9.17) is 0 Å². The van der Waals surface area contributed by atoms with Gasteiger partial charge in [0.05, 0.1) is 11.4 Å². The Balaban J connectivity index is 1.02. The number of anilines is 6. The summed E-state index contributed by atoms with van der Waals surface area (Å²) in [4.78, 5) is 4.85. The first-order valence-electron chi connectivity index (χ1n) is 19.7. The molecule has 1 aliphatic heterocycles. The molecule has 268 valence electrons. The van der Waals surface area contributed by atoms with Gasteiger partial charge in [0.2, 0.25) is 0 Å². The summed E-state index contributed by atoms with van der Waals surface area (Å²) in [7, 11) is 0. The number of rotatable bonds is 6. The maximum Gasteiger partial charge on any atom is 0.0540 e. The molecule has 0 aromatic heterocycles. The maximum absolute atomic E-state index is 2.48. The molecule has 1 aliphatic rings. The summed E-state index contributed by atoms with van der Waals surface area (Å²) in [6.45, 7) is 0. The Morgan fingerprint density at radius 2 is 0.842 bits per heavy atom. The quantitative estimate of drug-likeness (QED) is 0.168. The van der Waals surface area contributed by atoms with Gasteiger partial charge in [-0.05, 0) is 116 Å². The molecule has 0 atom stereocenters. The van der Waals surface area contributed by atoms with Gasteiger partial charge in [0.1, 0.15) is 0 Å². The van der Waals surface area contributed by atoms with Gasteiger partial charge in [-0.1, -0.05) is 158 Å². The number of benzene rings is 10. The van der Waals surface area contributed by atoms with Gasteiger partial charge in [-0.15, -0.1) is 0 Å². The van der Waals surface area contributed by atoms with Crippen LogP contribution in [0, 0.1) is 0 Å². The molecule has 1 heterocycles. The predicted molar refractivity (Wildman–Crippen MR) is 242 cm³/mol. The minimum atomic E-state index is 0.847. The molecule has 10 aromatic rings. The Kier molecular flexibility index (Phi) is 7.93. The van der Waals surface area contributed by atoms with Gasteiger partial charge in [-0.2, -0.15) is 0 Å². The lowest BCUT2D eigenvalue weighted by atomic mass is 9.89. The highest BCUT2D eigenvalue weighted by molar-refractivity contribution is 6.02. The minimum absolute atomic E-state index is 0.847. The zero-order valence-corrected chi connectivity index (χ0v) is 31.4. The van der Waals surface area contributed by atoms with E-state index < -0.39 is 0 Å². The molecule has 11 rings (SSSR count). The molecule has 0 N–H and O–H groups in total. The van der Waals surface area contributed by atoms with Crippen LogP contribution in [-0.4, -0.2) is 0 Å². The second-order valence-corrected chi connectivity index (χ2v) is 14.9. The number of nitrogens with zero attached hydrogens (tertiary/aromatic N) is 2. The average molecular weight is 727 g/mol. The molecule has 0 unspecified atom stereocenters. The zero-order chi connectivity index (χ0) is 37.7. The van der Waals surface area contributed by atoms with Crippen molar-refractivity contribution in [1.82, 2.24) is 0 Å². The van der Waals surface area contributed by atoms with Crippen LogP contribution < -0.4 is 9.80 Å². The Labute approximate surface area is 333 Å². The largest absolute Gasteiger partial charge is 0.310 e. The smallest absolute Gasteiger partial charge is 0.0540 e. The molecule has 0 saturated carbocycles. The van der Waals surface area contributed by atoms with Crippen molar-refractivity contribution in [2.75, 3.05) is 9.80 Å². The Hall–Kier alpha value is -7.42. The van der Waals surface area contributed by atoms with E-state index in [1.54, 1.807) is 0 Å². The molecule has 2 nitrogen and oxygen atoms in total. The number of para-hydroxylation sites is 1. The van der Waals surface area contributed by atoms with Crippen LogP contribution in [0.4, 0.5) is 34.1 Å². The first-order valence-corrected chi connectivity index (χ1v) is 19.7. The van der Waals surface area contributed by atoms with Gasteiger partial charge in [-0.25, -0.2) is 0 Å². The molecular weight excluding hydrogens is 689 g/mol. The van der Waals surface area contributed by atoms with Crippen LogP contribution in [0.15, 0.2) is 218 Å². The van der Waals surface area contributed by atoms with E-state index in [9.17, 15) is 0 Å². The normalized spacial score (nSPS) is 12.1. The highest BCUT2D eigenvalue weighted by Gasteiger charge is 2.26. The molecule has 0 saturated heterocycles. The third-order valence-corrected chi connectivity index (χ3v) is 11.6. The second-order valence-electron chi connectivity index (χ2n) is 14.9. The fourth-order valence-electron chi connectivity index (χ4n) is 8.92. The molecule has 10 aromatic carbocycles. The summed E-state index contributed by atoms with van der Waals surface area (Å²) in [6, 6.07) is 79.7. The summed E-state index contributed by atoms with van der Waals surface area (Å²) in [5.74, 6) is 0. The van der Waals surface area contributed by atoms with Crippen molar-refractivity contribution in [3.8, 4) is 22.3 Å². The minimum Gasteiger partial charge on any atom is -0.310 e. The van der Waals surface area contributed by atoms with Gasteiger partial charge >= 0.3 is 0 Å². The summed E-state index contributed by atoms with van der Waals surface area (Å²) < 4.78 is 0. The molecule has 2 heteroatoms. The second kappa shape index (κ2) is 13.7. The molecule has 0 aliphatic carbocycles. The van der Waals surface area contributed by atoms with Crippen molar-refractivity contribution in [1.29, 1.82) is 0 Å². The molecule has 0 fully saturated rings. The van der Waals surface area contributed by atoms with Crippen LogP contribution in [0.3, 0.4) is 0 Å². The highest BCUT2D eigenvalue weighted by atomic mass is 15.2. The lowest BCUT2D eigenvalue weighted by Gasteiger charge is -2.35. The van der Waals surface area contributed by atoms with E-state index in [2.05, 4.69) is 228 Å². The standard InChI is InChI=1S/C55H38N2/c1-2-19-46(20-3-1)56(54-25-11-17-40-14-5-8-22-50(40)54)47-31-27-38(28-32-47)42-29-33-52-44(35-42)37-45-36-43(49-24-10-16-39-13-4-7-21-48(39)49)30-34-53(45)57(52)55-26-12-18-41-15-6-9-23-51(41)55/h1-36H,37H2. The molecule has 57 heavy (non-hydrogen) atoms. The van der Waals surface area contributed by atoms with Crippen molar-refractivity contribution in [2.45, 2.75) is 6.42 Å². The van der Waals surface area contributed by atoms with Gasteiger partial charge < -0.3 is 9.80 Å². The van der Waals surface area contributed by atoms with Crippen molar-refractivity contribution < 1.29 is 0 Å².